The summed E-state index contributed by atoms with van der Waals surface area (Å²) < 4.78 is 5.26. The van der Waals surface area contributed by atoms with Crippen LogP contribution in [0, 0.1) is 0 Å². The second-order valence-electron chi connectivity index (χ2n) is 7.38. The van der Waals surface area contributed by atoms with E-state index >= 15 is 0 Å². The molecular weight excluding hydrogens is 346 g/mol. The van der Waals surface area contributed by atoms with E-state index < -0.39 is 29.3 Å². The Labute approximate surface area is 158 Å². The van der Waals surface area contributed by atoms with Crippen molar-refractivity contribution in [1.29, 1.82) is 0 Å². The number of nitrogens with one attached hydrogen (secondary N) is 1. The molecule has 2 aromatic carbocycles. The van der Waals surface area contributed by atoms with Crippen molar-refractivity contribution in [3.63, 3.8) is 0 Å². The lowest BCUT2D eigenvalue weighted by Gasteiger charge is -2.34. The van der Waals surface area contributed by atoms with Crippen LogP contribution < -0.4 is 5.32 Å². The highest BCUT2D eigenvalue weighted by Crippen LogP contribution is 2.30. The molecule has 0 aromatic heterocycles. The van der Waals surface area contributed by atoms with Crippen molar-refractivity contribution in [1.82, 2.24) is 5.32 Å². The van der Waals surface area contributed by atoms with Crippen molar-refractivity contribution in [2.75, 3.05) is 0 Å². The number of amides is 1. The van der Waals surface area contributed by atoms with Crippen LogP contribution in [0.1, 0.15) is 37.9 Å². The summed E-state index contributed by atoms with van der Waals surface area (Å²) >= 11 is 0. The SMILES string of the molecule is CC(C)(C)OC(=O)N[C@@H](c1ccccc1)[C@](O)(Cc1ccccc1)C(=O)O. The van der Waals surface area contributed by atoms with Gasteiger partial charge in [0.15, 0.2) is 5.60 Å². The Hall–Kier alpha value is -2.86. The average molecular weight is 371 g/mol. The lowest BCUT2D eigenvalue weighted by atomic mass is 9.83. The van der Waals surface area contributed by atoms with Crippen molar-refractivity contribution >= 4 is 12.1 Å². The monoisotopic (exact) mass is 371 g/mol. The highest BCUT2D eigenvalue weighted by atomic mass is 16.6. The number of rotatable bonds is 6. The Morgan fingerprint density at radius 1 is 1.00 bits per heavy atom. The molecule has 0 radical (unpaired) electrons. The van der Waals surface area contributed by atoms with Crippen molar-refractivity contribution in [3.05, 3.63) is 71.8 Å². The first kappa shape index (κ1) is 20.5. The molecule has 0 aliphatic rings. The van der Waals surface area contributed by atoms with Crippen LogP contribution in [-0.2, 0) is 16.0 Å². The van der Waals surface area contributed by atoms with Crippen LogP contribution in [0.15, 0.2) is 60.7 Å². The first-order chi connectivity index (χ1) is 12.6. The predicted molar refractivity (Wildman–Crippen MR) is 101 cm³/mol. The van der Waals surface area contributed by atoms with Crippen LogP contribution in [0.25, 0.3) is 0 Å². The van der Waals surface area contributed by atoms with Gasteiger partial charge in [-0.05, 0) is 31.9 Å². The lowest BCUT2D eigenvalue weighted by molar-refractivity contribution is -0.162. The number of carbonyl (C=O) groups is 2. The maximum absolute atomic E-state index is 12.3. The number of aliphatic carboxylic acids is 1. The minimum absolute atomic E-state index is 0.182. The standard InChI is InChI=1S/C21H25NO5/c1-20(2,3)27-19(25)22-17(16-12-8-5-9-13-16)21(26,18(23)24)14-15-10-6-4-7-11-15/h4-13,17,26H,14H2,1-3H3,(H,22,25)(H,23,24)/t17-,21+/m0/s1. The van der Waals surface area contributed by atoms with Crippen LogP contribution in [0.4, 0.5) is 4.79 Å². The van der Waals surface area contributed by atoms with Gasteiger partial charge < -0.3 is 20.3 Å². The van der Waals surface area contributed by atoms with Gasteiger partial charge >= 0.3 is 12.1 Å². The number of ether oxygens (including phenoxy) is 1. The number of carboxylic acids is 1. The molecular formula is C21H25NO5. The second kappa shape index (κ2) is 8.22. The molecule has 6 heteroatoms. The maximum Gasteiger partial charge on any atom is 0.408 e. The van der Waals surface area contributed by atoms with E-state index in [1.807, 2.05) is 0 Å². The van der Waals surface area contributed by atoms with Gasteiger partial charge in [0.2, 0.25) is 0 Å². The van der Waals surface area contributed by atoms with Gasteiger partial charge in [-0.25, -0.2) is 9.59 Å². The van der Waals surface area contributed by atoms with Gasteiger partial charge in [-0.15, -0.1) is 0 Å². The van der Waals surface area contributed by atoms with Gasteiger partial charge in [0.25, 0.3) is 0 Å². The fraction of sp³-hybridized carbons (Fsp3) is 0.333. The normalized spacial score (nSPS) is 14.7. The molecule has 0 fully saturated rings. The summed E-state index contributed by atoms with van der Waals surface area (Å²) in [5.41, 5.74) is -1.93. The summed E-state index contributed by atoms with van der Waals surface area (Å²) in [5.74, 6) is -1.43. The highest BCUT2D eigenvalue weighted by molar-refractivity contribution is 5.81. The van der Waals surface area contributed by atoms with E-state index in [1.54, 1.807) is 81.4 Å². The van der Waals surface area contributed by atoms with Gasteiger partial charge in [-0.1, -0.05) is 60.7 Å². The second-order valence-corrected chi connectivity index (χ2v) is 7.38. The summed E-state index contributed by atoms with van der Waals surface area (Å²) in [6.45, 7) is 5.12. The molecule has 0 heterocycles. The minimum atomic E-state index is -2.26. The third-order valence-corrected chi connectivity index (χ3v) is 3.96. The van der Waals surface area contributed by atoms with Gasteiger partial charge in [-0.3, -0.25) is 0 Å². The van der Waals surface area contributed by atoms with Crippen molar-refractivity contribution in [2.45, 2.75) is 44.4 Å². The third-order valence-electron chi connectivity index (χ3n) is 3.96. The number of hydrogen-bond acceptors (Lipinski definition) is 4. The van der Waals surface area contributed by atoms with Crippen LogP contribution >= 0.6 is 0 Å². The topological polar surface area (TPSA) is 95.9 Å². The molecule has 0 spiro atoms. The zero-order valence-electron chi connectivity index (χ0n) is 15.7. The summed E-state index contributed by atoms with van der Waals surface area (Å²) in [6.07, 6.45) is -0.984. The van der Waals surface area contributed by atoms with E-state index in [1.165, 1.54) is 0 Å². The first-order valence-corrected chi connectivity index (χ1v) is 8.66. The molecule has 0 aliphatic carbocycles. The van der Waals surface area contributed by atoms with E-state index in [4.69, 9.17) is 4.74 Å². The molecule has 27 heavy (non-hydrogen) atoms. The fourth-order valence-corrected chi connectivity index (χ4v) is 2.76. The number of alkyl carbamates (subject to hydrolysis) is 1. The van der Waals surface area contributed by atoms with Crippen molar-refractivity contribution < 1.29 is 24.5 Å². The Balaban J connectivity index is 2.42. The van der Waals surface area contributed by atoms with Gasteiger partial charge in [0.1, 0.15) is 5.60 Å². The summed E-state index contributed by atoms with van der Waals surface area (Å²) in [6, 6.07) is 16.1. The molecule has 0 aliphatic heterocycles. The third kappa shape index (κ3) is 5.56. The quantitative estimate of drug-likeness (QED) is 0.724. The summed E-state index contributed by atoms with van der Waals surface area (Å²) in [4.78, 5) is 24.4. The Bertz CT molecular complexity index is 770. The number of carboxylic acid groups (broad SMARTS) is 1. The van der Waals surface area contributed by atoms with E-state index in [9.17, 15) is 19.8 Å². The van der Waals surface area contributed by atoms with Crippen molar-refractivity contribution in [2.24, 2.45) is 0 Å². The van der Waals surface area contributed by atoms with Gasteiger partial charge in [0, 0.05) is 6.42 Å². The zero-order chi connectivity index (χ0) is 20.1. The molecule has 2 aromatic rings. The summed E-state index contributed by atoms with van der Waals surface area (Å²) in [5, 5.41) is 23.5. The smallest absolute Gasteiger partial charge is 0.408 e. The number of aliphatic hydroxyl groups is 1. The Morgan fingerprint density at radius 3 is 2.00 bits per heavy atom. The summed E-state index contributed by atoms with van der Waals surface area (Å²) in [7, 11) is 0. The van der Waals surface area contributed by atoms with Gasteiger partial charge in [0.05, 0.1) is 6.04 Å². The average Bonchev–Trinajstić information content (AvgIpc) is 2.59. The molecule has 144 valence electrons. The molecule has 0 bridgehead atoms. The van der Waals surface area contributed by atoms with Gasteiger partial charge in [-0.2, -0.15) is 0 Å². The maximum atomic E-state index is 12.3. The van der Waals surface area contributed by atoms with Crippen LogP contribution in [0.5, 0.6) is 0 Å². The molecule has 3 N–H and O–H groups in total. The van der Waals surface area contributed by atoms with Crippen LogP contribution in [0.2, 0.25) is 0 Å². The van der Waals surface area contributed by atoms with E-state index in [2.05, 4.69) is 5.32 Å². The molecule has 0 unspecified atom stereocenters. The number of carbonyl (C=O) groups excluding carboxylic acids is 1. The predicted octanol–water partition coefficient (Wildman–Crippen LogP) is 3.31. The fourth-order valence-electron chi connectivity index (χ4n) is 2.76. The van der Waals surface area contributed by atoms with Crippen LogP contribution in [-0.4, -0.2) is 33.5 Å². The lowest BCUT2D eigenvalue weighted by Crippen LogP contribution is -2.53. The Morgan fingerprint density at radius 2 is 1.52 bits per heavy atom. The molecule has 1 amide bonds. The number of hydrogen-bond donors (Lipinski definition) is 3. The highest BCUT2D eigenvalue weighted by Gasteiger charge is 2.46. The zero-order valence-corrected chi connectivity index (χ0v) is 15.7. The molecule has 0 saturated carbocycles. The van der Waals surface area contributed by atoms with E-state index in [0.717, 1.165) is 0 Å². The van der Waals surface area contributed by atoms with E-state index in [0.29, 0.717) is 11.1 Å². The first-order valence-electron chi connectivity index (χ1n) is 8.66. The number of benzene rings is 2. The van der Waals surface area contributed by atoms with E-state index in [-0.39, 0.29) is 6.42 Å². The Kier molecular flexibility index (Phi) is 6.23. The molecule has 6 nitrogen and oxygen atoms in total. The molecule has 0 saturated heterocycles. The molecule has 2 rings (SSSR count). The van der Waals surface area contributed by atoms with Crippen LogP contribution in [0.3, 0.4) is 0 Å². The minimum Gasteiger partial charge on any atom is -0.479 e. The molecule has 2 atom stereocenters. The van der Waals surface area contributed by atoms with Crippen molar-refractivity contribution in [3.8, 4) is 0 Å². The largest absolute Gasteiger partial charge is 0.479 e.